The van der Waals surface area contributed by atoms with Crippen molar-refractivity contribution in [1.29, 1.82) is 0 Å². The Bertz CT molecular complexity index is 327. The molecule has 0 aromatic heterocycles. The number of aliphatic hydroxyl groups excluding tert-OH is 1. The second-order valence-electron chi connectivity index (χ2n) is 3.94. The number of benzene rings is 1. The molecule has 0 amide bonds. The van der Waals surface area contributed by atoms with Gasteiger partial charge < -0.3 is 9.84 Å². The highest BCUT2D eigenvalue weighted by Gasteiger charge is 2.25. The Morgan fingerprint density at radius 3 is 2.80 bits per heavy atom. The van der Waals surface area contributed by atoms with Crippen molar-refractivity contribution >= 4 is 0 Å². The van der Waals surface area contributed by atoms with Crippen LogP contribution in [0.25, 0.3) is 0 Å². The molecule has 82 valence electrons. The summed E-state index contributed by atoms with van der Waals surface area (Å²) in [6.07, 6.45) is 2.15. The van der Waals surface area contributed by atoms with Crippen molar-refractivity contribution in [1.82, 2.24) is 0 Å². The topological polar surface area (TPSA) is 29.5 Å². The monoisotopic (exact) mass is 210 g/mol. The van der Waals surface area contributed by atoms with Crippen LogP contribution in [0.2, 0.25) is 0 Å². The maximum absolute atomic E-state index is 13.2. The molecule has 2 atom stereocenters. The van der Waals surface area contributed by atoms with Crippen LogP contribution in [0.1, 0.15) is 24.8 Å². The molecule has 15 heavy (non-hydrogen) atoms. The molecule has 1 aliphatic carbocycles. The van der Waals surface area contributed by atoms with Crippen LogP contribution >= 0.6 is 0 Å². The Kier molecular flexibility index (Phi) is 3.34. The van der Waals surface area contributed by atoms with Gasteiger partial charge in [-0.15, -0.1) is 0 Å². The summed E-state index contributed by atoms with van der Waals surface area (Å²) in [5.41, 5.74) is 0.552. The Balaban J connectivity index is 1.90. The largest absolute Gasteiger partial charge is 0.390 e. The molecule has 2 unspecified atom stereocenters. The number of ether oxygens (including phenoxy) is 1. The highest BCUT2D eigenvalue weighted by Crippen LogP contribution is 2.23. The molecule has 1 aromatic carbocycles. The Morgan fingerprint density at radius 1 is 1.33 bits per heavy atom. The summed E-state index contributed by atoms with van der Waals surface area (Å²) >= 11 is 0. The van der Waals surface area contributed by atoms with E-state index in [4.69, 9.17) is 4.74 Å². The van der Waals surface area contributed by atoms with Gasteiger partial charge in [0.05, 0.1) is 18.8 Å². The number of hydrogen-bond donors (Lipinski definition) is 1. The van der Waals surface area contributed by atoms with Crippen molar-refractivity contribution in [2.45, 2.75) is 38.1 Å². The van der Waals surface area contributed by atoms with Crippen molar-refractivity contribution in [3.63, 3.8) is 0 Å². The molecular formula is C12H15FO2. The van der Waals surface area contributed by atoms with E-state index in [2.05, 4.69) is 0 Å². The lowest BCUT2D eigenvalue weighted by molar-refractivity contribution is -0.0281. The first kappa shape index (κ1) is 10.6. The first-order chi connectivity index (χ1) is 7.27. The molecule has 2 rings (SSSR count). The molecule has 1 aromatic rings. The van der Waals surface area contributed by atoms with Crippen molar-refractivity contribution < 1.29 is 14.2 Å². The van der Waals surface area contributed by atoms with Gasteiger partial charge in [0.2, 0.25) is 0 Å². The van der Waals surface area contributed by atoms with Crippen LogP contribution in [0, 0.1) is 5.82 Å². The average molecular weight is 210 g/mol. The van der Waals surface area contributed by atoms with Gasteiger partial charge in [-0.05, 0) is 25.3 Å². The zero-order valence-corrected chi connectivity index (χ0v) is 8.53. The Hall–Kier alpha value is -0.930. The molecule has 0 saturated heterocycles. The molecule has 0 spiro atoms. The van der Waals surface area contributed by atoms with E-state index in [1.54, 1.807) is 18.2 Å². The molecule has 1 fully saturated rings. The van der Waals surface area contributed by atoms with Gasteiger partial charge >= 0.3 is 0 Å². The van der Waals surface area contributed by atoms with E-state index in [1.165, 1.54) is 6.07 Å². The van der Waals surface area contributed by atoms with Crippen molar-refractivity contribution in [2.24, 2.45) is 0 Å². The number of rotatable bonds is 3. The molecule has 2 nitrogen and oxygen atoms in total. The molecule has 0 bridgehead atoms. The highest BCUT2D eigenvalue weighted by atomic mass is 19.1. The van der Waals surface area contributed by atoms with Gasteiger partial charge in [-0.3, -0.25) is 0 Å². The molecule has 0 heterocycles. The normalized spacial score (nSPS) is 25.7. The molecular weight excluding hydrogens is 195 g/mol. The smallest absolute Gasteiger partial charge is 0.128 e. The summed E-state index contributed by atoms with van der Waals surface area (Å²) in [5.74, 6) is -0.245. The van der Waals surface area contributed by atoms with Crippen LogP contribution in [0.3, 0.4) is 0 Å². The Labute approximate surface area is 88.7 Å². The van der Waals surface area contributed by atoms with Gasteiger partial charge in [0, 0.05) is 5.56 Å². The van der Waals surface area contributed by atoms with Crippen LogP contribution in [-0.4, -0.2) is 17.3 Å². The minimum atomic E-state index is -0.378. The lowest BCUT2D eigenvalue weighted by Gasteiger charge is -2.15. The molecule has 1 N–H and O–H groups in total. The minimum Gasteiger partial charge on any atom is -0.390 e. The van der Waals surface area contributed by atoms with Crippen LogP contribution < -0.4 is 0 Å². The van der Waals surface area contributed by atoms with Gasteiger partial charge in [0.1, 0.15) is 5.82 Å². The summed E-state index contributed by atoms with van der Waals surface area (Å²) in [7, 11) is 0. The second-order valence-corrected chi connectivity index (χ2v) is 3.94. The predicted molar refractivity (Wildman–Crippen MR) is 54.8 cm³/mol. The number of aliphatic hydroxyl groups is 1. The first-order valence-electron chi connectivity index (χ1n) is 5.30. The van der Waals surface area contributed by atoms with E-state index in [1.807, 2.05) is 0 Å². The van der Waals surface area contributed by atoms with Crippen molar-refractivity contribution in [3.05, 3.63) is 35.6 Å². The maximum atomic E-state index is 13.2. The lowest BCUT2D eigenvalue weighted by atomic mass is 10.2. The maximum Gasteiger partial charge on any atom is 0.128 e. The van der Waals surface area contributed by atoms with Crippen LogP contribution in [0.4, 0.5) is 4.39 Å². The van der Waals surface area contributed by atoms with Gasteiger partial charge in [-0.2, -0.15) is 0 Å². The fourth-order valence-electron chi connectivity index (χ4n) is 1.91. The average Bonchev–Trinajstić information content (AvgIpc) is 2.63. The van der Waals surface area contributed by atoms with Gasteiger partial charge in [0.25, 0.3) is 0 Å². The van der Waals surface area contributed by atoms with E-state index in [0.29, 0.717) is 5.56 Å². The standard InChI is InChI=1S/C12H15FO2/c13-10-5-2-1-4-9(10)8-15-12-7-3-6-11(12)14/h1-2,4-5,11-12,14H,3,6-8H2. The minimum absolute atomic E-state index is 0.121. The van der Waals surface area contributed by atoms with Crippen molar-refractivity contribution in [2.75, 3.05) is 0 Å². The van der Waals surface area contributed by atoms with E-state index >= 15 is 0 Å². The van der Waals surface area contributed by atoms with Gasteiger partial charge in [-0.1, -0.05) is 18.2 Å². The third-order valence-electron chi connectivity index (χ3n) is 2.83. The molecule has 1 saturated carbocycles. The third-order valence-corrected chi connectivity index (χ3v) is 2.83. The molecule has 0 radical (unpaired) electrons. The fourth-order valence-corrected chi connectivity index (χ4v) is 1.91. The zero-order valence-electron chi connectivity index (χ0n) is 8.53. The summed E-state index contributed by atoms with van der Waals surface area (Å²) < 4.78 is 18.7. The van der Waals surface area contributed by atoms with E-state index in [0.717, 1.165) is 19.3 Å². The van der Waals surface area contributed by atoms with Crippen molar-refractivity contribution in [3.8, 4) is 0 Å². The van der Waals surface area contributed by atoms with Gasteiger partial charge in [0.15, 0.2) is 0 Å². The number of halogens is 1. The fraction of sp³-hybridized carbons (Fsp3) is 0.500. The SMILES string of the molecule is OC1CCCC1OCc1ccccc1F. The predicted octanol–water partition coefficient (Wildman–Crippen LogP) is 2.26. The summed E-state index contributed by atoms with van der Waals surface area (Å²) in [6, 6.07) is 6.57. The van der Waals surface area contributed by atoms with E-state index in [-0.39, 0.29) is 24.6 Å². The molecule has 0 aliphatic heterocycles. The summed E-state index contributed by atoms with van der Waals surface area (Å²) in [5, 5.41) is 9.52. The zero-order chi connectivity index (χ0) is 10.7. The third kappa shape index (κ3) is 2.55. The van der Waals surface area contributed by atoms with Crippen LogP contribution in [-0.2, 0) is 11.3 Å². The van der Waals surface area contributed by atoms with Crippen LogP contribution in [0.15, 0.2) is 24.3 Å². The molecule has 3 heteroatoms. The van der Waals surface area contributed by atoms with Gasteiger partial charge in [-0.25, -0.2) is 4.39 Å². The molecule has 1 aliphatic rings. The quantitative estimate of drug-likeness (QED) is 0.829. The summed E-state index contributed by atoms with van der Waals surface area (Å²) in [4.78, 5) is 0. The summed E-state index contributed by atoms with van der Waals surface area (Å²) in [6.45, 7) is 0.244. The number of hydrogen-bond acceptors (Lipinski definition) is 2. The second kappa shape index (κ2) is 4.73. The first-order valence-corrected chi connectivity index (χ1v) is 5.30. The van der Waals surface area contributed by atoms with E-state index in [9.17, 15) is 9.50 Å². The lowest BCUT2D eigenvalue weighted by Crippen LogP contribution is -2.22. The van der Waals surface area contributed by atoms with Crippen LogP contribution in [0.5, 0.6) is 0 Å². The Morgan fingerprint density at radius 2 is 2.13 bits per heavy atom. The highest BCUT2D eigenvalue weighted by molar-refractivity contribution is 5.16. The van der Waals surface area contributed by atoms with E-state index < -0.39 is 0 Å².